The molecule has 0 spiro atoms. The highest BCUT2D eigenvalue weighted by Crippen LogP contribution is 2.03. The Morgan fingerprint density at radius 3 is 2.90 bits per heavy atom. The Labute approximate surface area is 118 Å². The van der Waals surface area contributed by atoms with Crippen LogP contribution in [0.25, 0.3) is 0 Å². The van der Waals surface area contributed by atoms with Gasteiger partial charge >= 0.3 is 0 Å². The third-order valence-corrected chi connectivity index (χ3v) is 2.82. The highest BCUT2D eigenvalue weighted by atomic mass is 16.5. The number of nitrogens with zero attached hydrogens (tertiary/aromatic N) is 2. The maximum absolute atomic E-state index is 11.9. The van der Waals surface area contributed by atoms with Gasteiger partial charge in [-0.3, -0.25) is 9.48 Å². The van der Waals surface area contributed by atoms with Crippen LogP contribution < -0.4 is 5.32 Å². The van der Waals surface area contributed by atoms with Gasteiger partial charge in [-0.25, -0.2) is 0 Å². The van der Waals surface area contributed by atoms with Crippen LogP contribution >= 0.6 is 0 Å². The minimum absolute atomic E-state index is 0.121. The number of aromatic nitrogens is 2. The van der Waals surface area contributed by atoms with Gasteiger partial charge in [-0.05, 0) is 12.5 Å². The second-order valence-corrected chi connectivity index (χ2v) is 4.37. The lowest BCUT2D eigenvalue weighted by atomic mass is 10.2. The Hall–Kier alpha value is -2.14. The summed E-state index contributed by atoms with van der Waals surface area (Å²) in [5.74, 6) is -0.121. The van der Waals surface area contributed by atoms with Crippen LogP contribution in [0.1, 0.15) is 22.8 Å². The Bertz CT molecular complexity index is 537. The third-order valence-electron chi connectivity index (χ3n) is 2.82. The maximum atomic E-state index is 11.9. The highest BCUT2D eigenvalue weighted by Gasteiger charge is 2.07. The van der Waals surface area contributed by atoms with Crippen LogP contribution in [0.2, 0.25) is 0 Å². The number of ether oxygens (including phenoxy) is 1. The van der Waals surface area contributed by atoms with E-state index in [-0.39, 0.29) is 5.91 Å². The zero-order valence-electron chi connectivity index (χ0n) is 11.6. The van der Waals surface area contributed by atoms with E-state index in [1.54, 1.807) is 17.1 Å². The van der Waals surface area contributed by atoms with Crippen LogP contribution in [0.4, 0.5) is 0 Å². The van der Waals surface area contributed by atoms with Crippen LogP contribution in [0.5, 0.6) is 0 Å². The largest absolute Gasteiger partial charge is 0.380 e. The maximum Gasteiger partial charge on any atom is 0.254 e. The number of amides is 1. The molecular formula is C15H19N3O2. The summed E-state index contributed by atoms with van der Waals surface area (Å²) in [5.41, 5.74) is 1.72. The number of nitrogens with one attached hydrogen (secondary N) is 1. The normalized spacial score (nSPS) is 10.4. The average Bonchev–Trinajstić information content (AvgIpc) is 2.93. The van der Waals surface area contributed by atoms with Crippen molar-refractivity contribution in [3.63, 3.8) is 0 Å². The lowest BCUT2D eigenvalue weighted by Crippen LogP contribution is -2.26. The van der Waals surface area contributed by atoms with Gasteiger partial charge in [0.2, 0.25) is 0 Å². The quantitative estimate of drug-likeness (QED) is 0.781. The molecule has 0 aliphatic heterocycles. The van der Waals surface area contributed by atoms with Gasteiger partial charge in [-0.1, -0.05) is 30.3 Å². The molecular weight excluding hydrogens is 254 g/mol. The molecule has 1 aromatic heterocycles. The number of hydrogen-bond donors (Lipinski definition) is 1. The lowest BCUT2D eigenvalue weighted by molar-refractivity contribution is 0.0922. The second-order valence-electron chi connectivity index (χ2n) is 4.37. The molecule has 0 unspecified atom stereocenters. The van der Waals surface area contributed by atoms with E-state index in [0.29, 0.717) is 31.9 Å². The van der Waals surface area contributed by atoms with Crippen LogP contribution in [-0.2, 0) is 11.3 Å². The second kappa shape index (κ2) is 7.45. The zero-order valence-corrected chi connectivity index (χ0v) is 11.6. The molecule has 0 saturated heterocycles. The van der Waals surface area contributed by atoms with E-state index in [0.717, 1.165) is 5.56 Å². The molecule has 0 fully saturated rings. The summed E-state index contributed by atoms with van der Waals surface area (Å²) >= 11 is 0. The Morgan fingerprint density at radius 1 is 1.35 bits per heavy atom. The van der Waals surface area contributed by atoms with E-state index in [1.165, 1.54) is 0 Å². The molecule has 5 nitrogen and oxygen atoms in total. The van der Waals surface area contributed by atoms with Gasteiger partial charge in [0.15, 0.2) is 0 Å². The lowest BCUT2D eigenvalue weighted by Gasteiger charge is -2.03. The first-order chi connectivity index (χ1) is 9.79. The standard InChI is InChI=1S/C15H19N3O2/c1-2-20-9-8-16-15(19)14-10-17-18(12-14)11-13-6-4-3-5-7-13/h3-7,10,12H,2,8-9,11H2,1H3,(H,16,19). The summed E-state index contributed by atoms with van der Waals surface area (Å²) in [6.45, 7) is 4.28. The van der Waals surface area contributed by atoms with Crippen LogP contribution in [0.15, 0.2) is 42.7 Å². The first kappa shape index (κ1) is 14.3. The summed E-state index contributed by atoms with van der Waals surface area (Å²) in [5, 5.41) is 7.00. The molecule has 0 atom stereocenters. The molecule has 0 radical (unpaired) electrons. The Morgan fingerprint density at radius 2 is 2.15 bits per heavy atom. The monoisotopic (exact) mass is 273 g/mol. The van der Waals surface area contributed by atoms with Crippen molar-refractivity contribution in [1.29, 1.82) is 0 Å². The smallest absolute Gasteiger partial charge is 0.254 e. The summed E-state index contributed by atoms with van der Waals surface area (Å²) < 4.78 is 6.93. The van der Waals surface area contributed by atoms with Crippen molar-refractivity contribution in [3.8, 4) is 0 Å². The van der Waals surface area contributed by atoms with Crippen molar-refractivity contribution < 1.29 is 9.53 Å². The summed E-state index contributed by atoms with van der Waals surface area (Å²) in [7, 11) is 0. The van der Waals surface area contributed by atoms with E-state index < -0.39 is 0 Å². The van der Waals surface area contributed by atoms with Gasteiger partial charge in [0.25, 0.3) is 5.91 Å². The molecule has 0 aliphatic rings. The van der Waals surface area contributed by atoms with Crippen LogP contribution in [0, 0.1) is 0 Å². The number of benzene rings is 1. The van der Waals surface area contributed by atoms with Gasteiger partial charge < -0.3 is 10.1 Å². The van der Waals surface area contributed by atoms with Crippen LogP contribution in [0.3, 0.4) is 0 Å². The molecule has 1 amide bonds. The van der Waals surface area contributed by atoms with E-state index in [1.807, 2.05) is 37.3 Å². The minimum Gasteiger partial charge on any atom is -0.380 e. The fourth-order valence-corrected chi connectivity index (χ4v) is 1.82. The number of hydrogen-bond acceptors (Lipinski definition) is 3. The molecule has 0 aliphatic carbocycles. The SMILES string of the molecule is CCOCCNC(=O)c1cnn(Cc2ccccc2)c1. The average molecular weight is 273 g/mol. The Kier molecular flexibility index (Phi) is 5.32. The molecule has 1 N–H and O–H groups in total. The fraction of sp³-hybridized carbons (Fsp3) is 0.333. The molecule has 1 heterocycles. The molecule has 2 rings (SSSR count). The molecule has 5 heteroatoms. The first-order valence-corrected chi connectivity index (χ1v) is 6.72. The molecule has 106 valence electrons. The highest BCUT2D eigenvalue weighted by molar-refractivity contribution is 5.93. The van der Waals surface area contributed by atoms with Gasteiger partial charge in [0.05, 0.1) is 24.9 Å². The minimum atomic E-state index is -0.121. The van der Waals surface area contributed by atoms with Gasteiger partial charge in [0, 0.05) is 19.3 Å². The van der Waals surface area contributed by atoms with E-state index in [2.05, 4.69) is 10.4 Å². The van der Waals surface area contributed by atoms with Crippen molar-refractivity contribution >= 4 is 5.91 Å². The topological polar surface area (TPSA) is 56.1 Å². The van der Waals surface area contributed by atoms with E-state index in [4.69, 9.17) is 4.74 Å². The Balaban J connectivity index is 1.87. The summed E-state index contributed by atoms with van der Waals surface area (Å²) in [6.07, 6.45) is 3.34. The molecule has 0 bridgehead atoms. The fourth-order valence-electron chi connectivity index (χ4n) is 1.82. The zero-order chi connectivity index (χ0) is 14.2. The van der Waals surface area contributed by atoms with Crippen LogP contribution in [-0.4, -0.2) is 35.4 Å². The predicted octanol–water partition coefficient (Wildman–Crippen LogP) is 1.70. The number of carbonyl (C=O) groups excluding carboxylic acids is 1. The van der Waals surface area contributed by atoms with Crippen molar-refractivity contribution in [2.24, 2.45) is 0 Å². The molecule has 20 heavy (non-hydrogen) atoms. The predicted molar refractivity (Wildman–Crippen MR) is 76.6 cm³/mol. The molecule has 1 aromatic carbocycles. The summed E-state index contributed by atoms with van der Waals surface area (Å²) in [6, 6.07) is 10.0. The third kappa shape index (κ3) is 4.20. The van der Waals surface area contributed by atoms with Gasteiger partial charge in [0.1, 0.15) is 0 Å². The number of rotatable bonds is 7. The number of carbonyl (C=O) groups is 1. The van der Waals surface area contributed by atoms with Crippen molar-refractivity contribution in [2.75, 3.05) is 19.8 Å². The van der Waals surface area contributed by atoms with E-state index >= 15 is 0 Å². The van der Waals surface area contributed by atoms with Crippen molar-refractivity contribution in [2.45, 2.75) is 13.5 Å². The first-order valence-electron chi connectivity index (χ1n) is 6.72. The van der Waals surface area contributed by atoms with Gasteiger partial charge in [-0.2, -0.15) is 5.10 Å². The van der Waals surface area contributed by atoms with E-state index in [9.17, 15) is 4.79 Å². The van der Waals surface area contributed by atoms with Crippen molar-refractivity contribution in [3.05, 3.63) is 53.9 Å². The summed E-state index contributed by atoms with van der Waals surface area (Å²) in [4.78, 5) is 11.9. The molecule has 0 saturated carbocycles. The molecule has 2 aromatic rings. The van der Waals surface area contributed by atoms with Gasteiger partial charge in [-0.15, -0.1) is 0 Å². The van der Waals surface area contributed by atoms with Crippen molar-refractivity contribution in [1.82, 2.24) is 15.1 Å².